The van der Waals surface area contributed by atoms with Crippen molar-refractivity contribution in [3.8, 4) is 0 Å². The van der Waals surface area contributed by atoms with Gasteiger partial charge >= 0.3 is 0 Å². The van der Waals surface area contributed by atoms with Crippen LogP contribution in [0, 0.1) is 0 Å². The Labute approximate surface area is 190 Å². The lowest BCUT2D eigenvalue weighted by Crippen LogP contribution is -2.62. The Morgan fingerprint density at radius 1 is 1.03 bits per heavy atom. The summed E-state index contributed by atoms with van der Waals surface area (Å²) in [6.45, 7) is 2.41. The van der Waals surface area contributed by atoms with Crippen LogP contribution < -0.4 is 11.1 Å². The molecule has 1 atom stereocenters. The number of fused-ring (bicyclic) bond motifs is 3. The van der Waals surface area contributed by atoms with Crippen LogP contribution in [-0.2, 0) is 28.2 Å². The molecule has 4 heterocycles. The predicted octanol–water partition coefficient (Wildman–Crippen LogP) is 0.721. The van der Waals surface area contributed by atoms with E-state index in [1.807, 2.05) is 6.07 Å². The van der Waals surface area contributed by atoms with Crippen LogP contribution in [0.1, 0.15) is 57.7 Å². The Kier molecular flexibility index (Phi) is 4.37. The van der Waals surface area contributed by atoms with Crippen LogP contribution in [0.15, 0.2) is 36.5 Å². The third-order valence-corrected chi connectivity index (χ3v) is 7.60. The minimum absolute atomic E-state index is 0.0984. The van der Waals surface area contributed by atoms with E-state index in [-0.39, 0.29) is 30.3 Å². The molecular weight excluding hydrogens is 422 g/mol. The summed E-state index contributed by atoms with van der Waals surface area (Å²) in [4.78, 5) is 53.3. The Balaban J connectivity index is 1.27. The Hall–Kier alpha value is -3.30. The Morgan fingerprint density at radius 3 is 2.58 bits per heavy atom. The van der Waals surface area contributed by atoms with Gasteiger partial charge in [-0.3, -0.25) is 34.3 Å². The summed E-state index contributed by atoms with van der Waals surface area (Å²) < 4.78 is 2.30. The highest BCUT2D eigenvalue weighted by Crippen LogP contribution is 2.48. The lowest BCUT2D eigenvalue weighted by Gasteiger charge is -2.56. The van der Waals surface area contributed by atoms with Crippen molar-refractivity contribution in [2.75, 3.05) is 6.54 Å². The molecule has 1 saturated heterocycles. The fourth-order valence-electron chi connectivity index (χ4n) is 5.98. The third kappa shape index (κ3) is 2.92. The number of hydrogen-bond acceptors (Lipinski definition) is 6. The molecular formula is C24H25N5O4. The van der Waals surface area contributed by atoms with Gasteiger partial charge in [-0.1, -0.05) is 6.07 Å². The summed E-state index contributed by atoms with van der Waals surface area (Å²) in [6.07, 6.45) is 4.15. The summed E-state index contributed by atoms with van der Waals surface area (Å²) in [5.74, 6) is -1.93. The van der Waals surface area contributed by atoms with Gasteiger partial charge < -0.3 is 10.3 Å². The van der Waals surface area contributed by atoms with Crippen molar-refractivity contribution in [2.24, 2.45) is 5.73 Å². The van der Waals surface area contributed by atoms with Crippen LogP contribution in [-0.4, -0.2) is 56.6 Å². The molecule has 1 aromatic heterocycles. The van der Waals surface area contributed by atoms with Gasteiger partial charge in [0, 0.05) is 44.0 Å². The van der Waals surface area contributed by atoms with Crippen LogP contribution in [0.25, 0.3) is 0 Å². The minimum Gasteiger partial charge on any atom is -0.348 e. The van der Waals surface area contributed by atoms with E-state index >= 15 is 0 Å². The fourth-order valence-corrected chi connectivity index (χ4v) is 5.98. The van der Waals surface area contributed by atoms with Crippen molar-refractivity contribution in [3.05, 3.63) is 58.9 Å². The van der Waals surface area contributed by atoms with Crippen molar-refractivity contribution >= 4 is 23.6 Å². The van der Waals surface area contributed by atoms with E-state index in [0.717, 1.165) is 36.4 Å². The van der Waals surface area contributed by atoms with E-state index in [0.29, 0.717) is 17.7 Å². The lowest BCUT2D eigenvalue weighted by molar-refractivity contribution is -0.136. The first-order valence-electron chi connectivity index (χ1n) is 11.4. The molecule has 1 aromatic carbocycles. The average molecular weight is 447 g/mol. The molecule has 3 aliphatic heterocycles. The zero-order chi connectivity index (χ0) is 22.9. The van der Waals surface area contributed by atoms with Crippen molar-refractivity contribution in [1.29, 1.82) is 0 Å². The van der Waals surface area contributed by atoms with Gasteiger partial charge in [0.2, 0.25) is 11.8 Å². The minimum atomic E-state index is -0.951. The van der Waals surface area contributed by atoms with Crippen LogP contribution in [0.5, 0.6) is 0 Å². The molecule has 170 valence electrons. The number of imide groups is 2. The molecule has 1 unspecified atom stereocenters. The van der Waals surface area contributed by atoms with E-state index in [1.54, 1.807) is 12.1 Å². The number of nitrogens with two attached hydrogens (primary N) is 1. The number of hydrogen-bond donors (Lipinski definition) is 2. The number of nitrogens with zero attached hydrogens (tertiary/aromatic N) is 3. The van der Waals surface area contributed by atoms with Crippen molar-refractivity contribution in [1.82, 2.24) is 19.7 Å². The van der Waals surface area contributed by atoms with Crippen LogP contribution in [0.3, 0.4) is 0 Å². The first-order chi connectivity index (χ1) is 15.9. The quantitative estimate of drug-likeness (QED) is 0.670. The van der Waals surface area contributed by atoms with E-state index in [1.165, 1.54) is 5.69 Å². The molecule has 33 heavy (non-hydrogen) atoms. The largest absolute Gasteiger partial charge is 0.348 e. The van der Waals surface area contributed by atoms with Gasteiger partial charge in [-0.05, 0) is 49.1 Å². The monoisotopic (exact) mass is 447 g/mol. The molecule has 2 fully saturated rings. The highest BCUT2D eigenvalue weighted by atomic mass is 16.2. The van der Waals surface area contributed by atoms with Crippen molar-refractivity contribution in [3.63, 3.8) is 0 Å². The fraction of sp³-hybridized carbons (Fsp3) is 0.417. The van der Waals surface area contributed by atoms with E-state index in [2.05, 4.69) is 33.1 Å². The summed E-state index contributed by atoms with van der Waals surface area (Å²) in [5, 5.41) is 2.23. The molecule has 9 heteroatoms. The highest BCUT2D eigenvalue weighted by molar-refractivity contribution is 6.23. The summed E-state index contributed by atoms with van der Waals surface area (Å²) >= 11 is 0. The molecule has 3 N–H and O–H groups in total. The van der Waals surface area contributed by atoms with Gasteiger partial charge in [0.1, 0.15) is 6.04 Å². The number of rotatable bonds is 3. The van der Waals surface area contributed by atoms with E-state index in [4.69, 9.17) is 5.73 Å². The van der Waals surface area contributed by atoms with E-state index < -0.39 is 23.8 Å². The first-order valence-corrected chi connectivity index (χ1v) is 11.4. The Morgan fingerprint density at radius 2 is 1.82 bits per heavy atom. The second-order valence-corrected chi connectivity index (χ2v) is 9.54. The molecule has 0 bridgehead atoms. The number of carbonyl (C=O) groups excluding carboxylic acids is 4. The number of nitrogens with one attached hydrogen (secondary N) is 1. The summed E-state index contributed by atoms with van der Waals surface area (Å²) in [5.41, 5.74) is 8.96. The molecule has 2 aromatic rings. The van der Waals surface area contributed by atoms with Gasteiger partial charge in [0.15, 0.2) is 0 Å². The topological polar surface area (TPSA) is 118 Å². The number of piperidine rings is 1. The number of benzene rings is 1. The summed E-state index contributed by atoms with van der Waals surface area (Å²) in [6, 6.07) is 8.82. The second kappa shape index (κ2) is 7.10. The molecule has 0 radical (unpaired) electrons. The van der Waals surface area contributed by atoms with Crippen LogP contribution >= 0.6 is 0 Å². The van der Waals surface area contributed by atoms with Gasteiger partial charge in [-0.15, -0.1) is 0 Å². The molecule has 1 spiro atoms. The molecule has 1 aliphatic carbocycles. The normalized spacial score (nSPS) is 29.2. The maximum absolute atomic E-state index is 13.2. The number of amides is 4. The maximum Gasteiger partial charge on any atom is 0.262 e. The van der Waals surface area contributed by atoms with Crippen LogP contribution in [0.4, 0.5) is 0 Å². The third-order valence-electron chi connectivity index (χ3n) is 7.60. The van der Waals surface area contributed by atoms with Crippen molar-refractivity contribution < 1.29 is 19.2 Å². The maximum atomic E-state index is 13.2. The highest BCUT2D eigenvalue weighted by Gasteiger charge is 2.51. The number of aromatic nitrogens is 1. The summed E-state index contributed by atoms with van der Waals surface area (Å²) in [7, 11) is 0. The van der Waals surface area contributed by atoms with Gasteiger partial charge in [-0.25, -0.2) is 0 Å². The Bertz CT molecular complexity index is 1210. The molecule has 1 saturated carbocycles. The molecule has 9 nitrogen and oxygen atoms in total. The standard InChI is InChI=1S/C24H25N5O4/c25-15-11-24(12-15)19-2-1-7-27(19)8-9-28(24)13-14-3-4-16-17(10-14)23(33)29(22(16)32)18-5-6-20(30)26-21(18)31/h1-4,7,10,15,18H,5-6,8-9,11-13,25H2,(H,26,30,31). The second-order valence-electron chi connectivity index (χ2n) is 9.54. The molecule has 6 rings (SSSR count). The van der Waals surface area contributed by atoms with Gasteiger partial charge in [0.25, 0.3) is 11.8 Å². The van der Waals surface area contributed by atoms with Crippen molar-refractivity contribution in [2.45, 2.75) is 56.4 Å². The first kappa shape index (κ1) is 20.3. The average Bonchev–Trinajstić information content (AvgIpc) is 3.33. The predicted molar refractivity (Wildman–Crippen MR) is 117 cm³/mol. The smallest absolute Gasteiger partial charge is 0.262 e. The zero-order valence-electron chi connectivity index (χ0n) is 18.1. The lowest BCUT2D eigenvalue weighted by atomic mass is 9.68. The molecule has 4 aliphatic rings. The SMILES string of the molecule is NC1CC2(C1)c1cccn1CCN2Cc1ccc2c(c1)C(=O)N(C1CCC(=O)NC1=O)C2=O. The van der Waals surface area contributed by atoms with Crippen LogP contribution in [0.2, 0.25) is 0 Å². The number of carbonyl (C=O) groups is 4. The van der Waals surface area contributed by atoms with Gasteiger partial charge in [-0.2, -0.15) is 0 Å². The zero-order valence-corrected chi connectivity index (χ0v) is 18.1. The van der Waals surface area contributed by atoms with E-state index in [9.17, 15) is 19.2 Å². The van der Waals surface area contributed by atoms with Gasteiger partial charge in [0.05, 0.1) is 16.7 Å². The molecule has 4 amide bonds.